The van der Waals surface area contributed by atoms with Crippen LogP contribution in [0.25, 0.3) is 0 Å². The van der Waals surface area contributed by atoms with Crippen molar-refractivity contribution in [2.24, 2.45) is 20.5 Å². The van der Waals surface area contributed by atoms with Gasteiger partial charge in [-0.3, -0.25) is 0 Å². The van der Waals surface area contributed by atoms with E-state index in [1.807, 2.05) is 0 Å². The summed E-state index contributed by atoms with van der Waals surface area (Å²) in [4.78, 5) is -0.921. The first-order valence-electron chi connectivity index (χ1n) is 11.3. The number of benzene rings is 4. The number of aromatic hydroxyl groups is 4. The van der Waals surface area contributed by atoms with Crippen molar-refractivity contribution in [3.05, 3.63) is 83.9 Å². The van der Waals surface area contributed by atoms with E-state index in [2.05, 4.69) is 20.5 Å². The van der Waals surface area contributed by atoms with Gasteiger partial charge in [0.05, 0.1) is 26.9 Å². The molecule has 0 spiro atoms. The van der Waals surface area contributed by atoms with Gasteiger partial charge < -0.3 is 29.5 Å². The van der Waals surface area contributed by atoms with E-state index < -0.39 is 41.5 Å². The fraction of sp³-hybridized carbons (Fsp3) is 0.0400. The Morgan fingerprint density at radius 3 is 1.49 bits per heavy atom. The molecule has 4 rings (SSSR count). The van der Waals surface area contributed by atoms with Crippen LogP contribution in [0.1, 0.15) is 11.1 Å². The van der Waals surface area contributed by atoms with Crippen molar-refractivity contribution in [2.75, 3.05) is 0 Å². The number of hydrogen-bond acceptors (Lipinski definition) is 14. The zero-order valence-corrected chi connectivity index (χ0v) is 28.1. The maximum Gasteiger partial charge on any atom is 1.00 e. The van der Waals surface area contributed by atoms with Crippen LogP contribution < -0.4 is 59.1 Å². The van der Waals surface area contributed by atoms with Gasteiger partial charge in [-0.05, 0) is 54.6 Å². The Balaban J connectivity index is 0.00000323. The molecule has 212 valence electrons. The SMILES string of the molecule is O=S(=O)([O-])c1ccc(N=Nc2cc(Cc3c(O)cc(O)cc3N=Nc3ccc(S(=O)(=O)[O-])cc3)c(O)cc2O)cc1.[Na+].[Na+]. The van der Waals surface area contributed by atoms with Gasteiger partial charge in [-0.15, -0.1) is 10.2 Å². The Labute approximate surface area is 289 Å². The molecule has 0 atom stereocenters. The molecule has 0 saturated carbocycles. The third kappa shape index (κ3) is 9.54. The van der Waals surface area contributed by atoms with Crippen LogP contribution in [0.15, 0.2) is 103 Å². The second-order valence-electron chi connectivity index (χ2n) is 8.41. The van der Waals surface area contributed by atoms with E-state index in [1.54, 1.807) is 0 Å². The minimum absolute atomic E-state index is 0. The summed E-state index contributed by atoms with van der Waals surface area (Å²) in [6.07, 6.45) is -0.196. The third-order valence-electron chi connectivity index (χ3n) is 5.53. The van der Waals surface area contributed by atoms with Crippen molar-refractivity contribution in [1.82, 2.24) is 0 Å². The Hall–Kier alpha value is -2.90. The van der Waals surface area contributed by atoms with Gasteiger partial charge in [0.1, 0.15) is 48.9 Å². The van der Waals surface area contributed by atoms with Crippen LogP contribution in [0.4, 0.5) is 22.7 Å². The minimum atomic E-state index is -4.65. The second-order valence-corrected chi connectivity index (χ2v) is 11.2. The van der Waals surface area contributed by atoms with Crippen molar-refractivity contribution in [3.8, 4) is 23.0 Å². The molecular formula is C25H18N4Na2O10S2. The average molecular weight is 645 g/mol. The predicted molar refractivity (Wildman–Crippen MR) is 140 cm³/mol. The first kappa shape index (κ1) is 36.3. The molecule has 0 aliphatic carbocycles. The first-order chi connectivity index (χ1) is 19.2. The zero-order valence-electron chi connectivity index (χ0n) is 22.5. The average Bonchev–Trinajstić information content (AvgIpc) is 2.89. The molecular weight excluding hydrogens is 626 g/mol. The van der Waals surface area contributed by atoms with Gasteiger partial charge in [0.15, 0.2) is 0 Å². The van der Waals surface area contributed by atoms with Gasteiger partial charge in [-0.2, -0.15) is 10.2 Å². The van der Waals surface area contributed by atoms with Crippen LogP contribution in [0.5, 0.6) is 23.0 Å². The second kappa shape index (κ2) is 14.7. The van der Waals surface area contributed by atoms with Crippen molar-refractivity contribution >= 4 is 43.0 Å². The van der Waals surface area contributed by atoms with Crippen LogP contribution in [0.2, 0.25) is 0 Å². The van der Waals surface area contributed by atoms with Crippen molar-refractivity contribution in [2.45, 2.75) is 16.2 Å². The first-order valence-corrected chi connectivity index (χ1v) is 14.1. The summed E-state index contributed by atoms with van der Waals surface area (Å²) in [5.74, 6) is -1.59. The maximum atomic E-state index is 11.1. The molecule has 0 aromatic heterocycles. The van der Waals surface area contributed by atoms with Gasteiger partial charge in [0.2, 0.25) is 0 Å². The molecule has 0 amide bonds. The third-order valence-corrected chi connectivity index (χ3v) is 7.23. The smallest absolute Gasteiger partial charge is 0.744 e. The molecule has 4 N–H and O–H groups in total. The van der Waals surface area contributed by atoms with E-state index in [0.717, 1.165) is 36.4 Å². The summed E-state index contributed by atoms with van der Waals surface area (Å²) in [6, 6.07) is 13.6. The molecule has 0 fully saturated rings. The van der Waals surface area contributed by atoms with Crippen LogP contribution in [-0.4, -0.2) is 46.4 Å². The zero-order chi connectivity index (χ0) is 29.9. The van der Waals surface area contributed by atoms with Crippen LogP contribution in [0.3, 0.4) is 0 Å². The van der Waals surface area contributed by atoms with E-state index in [4.69, 9.17) is 0 Å². The number of phenolic OH excluding ortho intramolecular Hbond substituents is 4. The van der Waals surface area contributed by atoms with Crippen molar-refractivity contribution in [1.29, 1.82) is 0 Å². The fourth-order valence-corrected chi connectivity index (χ4v) is 4.44. The summed E-state index contributed by atoms with van der Waals surface area (Å²) in [7, 11) is -9.30. The molecule has 14 nitrogen and oxygen atoms in total. The summed E-state index contributed by atoms with van der Waals surface area (Å²) in [5.41, 5.74) is 0.435. The molecule has 43 heavy (non-hydrogen) atoms. The summed E-state index contributed by atoms with van der Waals surface area (Å²) >= 11 is 0. The summed E-state index contributed by atoms with van der Waals surface area (Å²) < 4.78 is 66.5. The fourth-order valence-electron chi connectivity index (χ4n) is 3.50. The molecule has 4 aromatic carbocycles. The Morgan fingerprint density at radius 1 is 0.558 bits per heavy atom. The van der Waals surface area contributed by atoms with E-state index in [9.17, 15) is 46.4 Å². The van der Waals surface area contributed by atoms with Crippen LogP contribution in [-0.2, 0) is 26.7 Å². The largest absolute Gasteiger partial charge is 1.00 e. The Bertz CT molecular complexity index is 1900. The molecule has 0 radical (unpaired) electrons. The molecule has 0 aliphatic rings. The van der Waals surface area contributed by atoms with E-state index in [0.29, 0.717) is 0 Å². The van der Waals surface area contributed by atoms with Gasteiger partial charge in [-0.25, -0.2) is 16.8 Å². The molecule has 0 saturated heterocycles. The normalized spacial score (nSPS) is 11.8. The Morgan fingerprint density at radius 2 is 1.02 bits per heavy atom. The number of hydrogen-bond donors (Lipinski definition) is 4. The summed E-state index contributed by atoms with van der Waals surface area (Å²) in [6.45, 7) is 0. The van der Waals surface area contributed by atoms with Gasteiger partial charge in [-0.1, -0.05) is 0 Å². The topological polar surface area (TPSA) is 245 Å². The number of phenols is 4. The Kier molecular flexibility index (Phi) is 12.4. The summed E-state index contributed by atoms with van der Waals surface area (Å²) in [5, 5.41) is 56.8. The van der Waals surface area contributed by atoms with Crippen LogP contribution in [0, 0.1) is 0 Å². The van der Waals surface area contributed by atoms with E-state index in [-0.39, 0.29) is 111 Å². The van der Waals surface area contributed by atoms with Gasteiger partial charge in [0.25, 0.3) is 0 Å². The van der Waals surface area contributed by atoms with E-state index in [1.165, 1.54) is 36.4 Å². The van der Waals surface area contributed by atoms with Gasteiger partial charge in [0, 0.05) is 35.7 Å². The molecule has 18 heteroatoms. The standard InChI is InChI=1S/C25H20N4O10S2.2Na/c30-17-11-21(28-26-15-1-5-18(6-2-15)40(34,35)36)20(24(32)12-17)9-14-10-22(25(33)13-23(14)31)29-27-16-3-7-19(8-4-16)41(37,38)39;;/h1-8,10-13,30-33H,9H2,(H,34,35,36)(H,37,38,39);;/q;2*+1/p-2. The molecule has 4 aromatic rings. The molecule has 0 heterocycles. The number of azo groups is 2. The monoisotopic (exact) mass is 644 g/mol. The predicted octanol–water partition coefficient (Wildman–Crippen LogP) is -1.25. The van der Waals surface area contributed by atoms with Crippen molar-refractivity contribution < 1.29 is 105 Å². The molecule has 0 bridgehead atoms. The number of rotatable bonds is 8. The van der Waals surface area contributed by atoms with E-state index >= 15 is 0 Å². The van der Waals surface area contributed by atoms with Crippen molar-refractivity contribution in [3.63, 3.8) is 0 Å². The number of nitrogens with zero attached hydrogens (tertiary/aromatic N) is 4. The maximum absolute atomic E-state index is 11.1. The minimum Gasteiger partial charge on any atom is -0.744 e. The molecule has 0 unspecified atom stereocenters. The molecule has 0 aliphatic heterocycles. The van der Waals surface area contributed by atoms with Gasteiger partial charge >= 0.3 is 59.1 Å². The van der Waals surface area contributed by atoms with Crippen LogP contribution >= 0.6 is 0 Å². The quantitative estimate of drug-likeness (QED) is 0.101.